The third kappa shape index (κ3) is 4.35. The zero-order chi connectivity index (χ0) is 16.0. The van der Waals surface area contributed by atoms with Gasteiger partial charge in [0.25, 0.3) is 0 Å². The maximum atomic E-state index is 11.8. The van der Waals surface area contributed by atoms with Gasteiger partial charge in [-0.2, -0.15) is 0 Å². The maximum absolute atomic E-state index is 11.8. The highest BCUT2D eigenvalue weighted by atomic mass is 32.2. The van der Waals surface area contributed by atoms with Gasteiger partial charge in [0, 0.05) is 26.0 Å². The molecule has 0 heterocycles. The first-order chi connectivity index (χ1) is 9.86. The topological polar surface area (TPSA) is 72.6 Å². The fourth-order valence-corrected chi connectivity index (χ4v) is 3.35. The van der Waals surface area contributed by atoms with Crippen molar-refractivity contribution in [3.63, 3.8) is 0 Å². The number of nitrogens with zero attached hydrogens (tertiary/aromatic N) is 1. The van der Waals surface area contributed by atoms with Gasteiger partial charge in [0.05, 0.1) is 22.9 Å². The summed E-state index contributed by atoms with van der Waals surface area (Å²) in [5, 5.41) is 0. The molecule has 0 saturated carbocycles. The van der Waals surface area contributed by atoms with Gasteiger partial charge in [-0.25, -0.2) is 8.42 Å². The number of anilines is 2. The molecule has 0 radical (unpaired) electrons. The van der Waals surface area contributed by atoms with E-state index < -0.39 is 9.84 Å². The highest BCUT2D eigenvalue weighted by Gasteiger charge is 2.21. The van der Waals surface area contributed by atoms with Crippen LogP contribution in [0.25, 0.3) is 0 Å². The molecular weight excluding hydrogens is 288 g/mol. The number of hydrogen-bond acceptors (Lipinski definition) is 5. The van der Waals surface area contributed by atoms with Crippen molar-refractivity contribution in [2.75, 3.05) is 37.2 Å². The van der Waals surface area contributed by atoms with E-state index in [1.165, 1.54) is 6.26 Å². The van der Waals surface area contributed by atoms with Crippen LogP contribution in [-0.4, -0.2) is 41.0 Å². The Labute approximate surface area is 128 Å². The second-order valence-corrected chi connectivity index (χ2v) is 7.10. The van der Waals surface area contributed by atoms with E-state index in [2.05, 4.69) is 18.7 Å². The van der Waals surface area contributed by atoms with E-state index in [1.54, 1.807) is 19.2 Å². The minimum Gasteiger partial charge on any atom is -0.396 e. The summed E-state index contributed by atoms with van der Waals surface area (Å²) in [5.41, 5.74) is 7.22. The predicted octanol–water partition coefficient (Wildman–Crippen LogP) is 2.31. The van der Waals surface area contributed by atoms with E-state index in [4.69, 9.17) is 10.5 Å². The van der Waals surface area contributed by atoms with Crippen LogP contribution in [0.4, 0.5) is 11.4 Å². The molecule has 0 aliphatic rings. The Morgan fingerprint density at radius 1 is 1.29 bits per heavy atom. The van der Waals surface area contributed by atoms with Crippen molar-refractivity contribution in [3.8, 4) is 0 Å². The Hall–Kier alpha value is -1.27. The standard InChI is InChI=1S/C15H26N2O3S/c1-5-12(6-2)17(10-11-20-3)13-8-7-9-14(15(13)16)21(4,18)19/h7-9,12H,5-6,10-11,16H2,1-4H3. The smallest absolute Gasteiger partial charge is 0.177 e. The lowest BCUT2D eigenvalue weighted by Gasteiger charge is -2.33. The first-order valence-corrected chi connectivity index (χ1v) is 9.10. The Balaban J connectivity index is 3.31. The fraction of sp³-hybridized carbons (Fsp3) is 0.600. The number of rotatable bonds is 8. The number of methoxy groups -OCH3 is 1. The van der Waals surface area contributed by atoms with Gasteiger partial charge in [-0.15, -0.1) is 0 Å². The molecule has 120 valence electrons. The van der Waals surface area contributed by atoms with E-state index in [0.717, 1.165) is 18.5 Å². The number of ether oxygens (including phenoxy) is 1. The molecular formula is C15H26N2O3S. The summed E-state index contributed by atoms with van der Waals surface area (Å²) in [6.45, 7) is 5.48. The molecule has 0 saturated heterocycles. The molecule has 1 rings (SSSR count). The van der Waals surface area contributed by atoms with Gasteiger partial charge in [-0.05, 0) is 25.0 Å². The highest BCUT2D eigenvalue weighted by molar-refractivity contribution is 7.90. The molecule has 1 aromatic carbocycles. The van der Waals surface area contributed by atoms with Gasteiger partial charge < -0.3 is 15.4 Å². The van der Waals surface area contributed by atoms with Crippen LogP contribution in [-0.2, 0) is 14.6 Å². The average molecular weight is 314 g/mol. The van der Waals surface area contributed by atoms with Gasteiger partial charge in [0.2, 0.25) is 0 Å². The van der Waals surface area contributed by atoms with Crippen molar-refractivity contribution >= 4 is 21.2 Å². The molecule has 0 aromatic heterocycles. The third-order valence-electron chi connectivity index (χ3n) is 3.67. The molecule has 0 amide bonds. The van der Waals surface area contributed by atoms with Crippen LogP contribution in [0, 0.1) is 0 Å². The van der Waals surface area contributed by atoms with Gasteiger partial charge in [0.1, 0.15) is 0 Å². The average Bonchev–Trinajstić information content (AvgIpc) is 2.43. The molecule has 0 aliphatic carbocycles. The Morgan fingerprint density at radius 2 is 1.90 bits per heavy atom. The lowest BCUT2D eigenvalue weighted by atomic mass is 10.1. The van der Waals surface area contributed by atoms with Crippen molar-refractivity contribution in [2.45, 2.75) is 37.6 Å². The lowest BCUT2D eigenvalue weighted by Crippen LogP contribution is -2.37. The Morgan fingerprint density at radius 3 is 2.38 bits per heavy atom. The highest BCUT2D eigenvalue weighted by Crippen LogP contribution is 2.32. The summed E-state index contributed by atoms with van der Waals surface area (Å²) in [6.07, 6.45) is 3.10. The summed E-state index contributed by atoms with van der Waals surface area (Å²) in [7, 11) is -1.68. The fourth-order valence-electron chi connectivity index (χ4n) is 2.53. The van der Waals surface area contributed by atoms with E-state index in [9.17, 15) is 8.42 Å². The molecule has 1 aromatic rings. The van der Waals surface area contributed by atoms with Crippen LogP contribution in [0.5, 0.6) is 0 Å². The SMILES string of the molecule is CCC(CC)N(CCOC)c1cccc(S(C)(=O)=O)c1N. The molecule has 0 spiro atoms. The number of benzene rings is 1. The second-order valence-electron chi connectivity index (χ2n) is 5.12. The summed E-state index contributed by atoms with van der Waals surface area (Å²) >= 11 is 0. The Bertz CT molecular complexity index is 554. The summed E-state index contributed by atoms with van der Waals surface area (Å²) in [5.74, 6) is 0. The van der Waals surface area contributed by atoms with Crippen molar-refractivity contribution in [2.24, 2.45) is 0 Å². The summed E-state index contributed by atoms with van der Waals surface area (Å²) in [6, 6.07) is 5.47. The van der Waals surface area contributed by atoms with Crippen LogP contribution < -0.4 is 10.6 Å². The van der Waals surface area contributed by atoms with Gasteiger partial charge in [-0.3, -0.25) is 0 Å². The van der Waals surface area contributed by atoms with Crippen molar-refractivity contribution in [1.29, 1.82) is 0 Å². The molecule has 21 heavy (non-hydrogen) atoms. The van der Waals surface area contributed by atoms with Gasteiger partial charge in [-0.1, -0.05) is 19.9 Å². The van der Waals surface area contributed by atoms with Gasteiger partial charge >= 0.3 is 0 Å². The Kier molecular flexibility index (Phi) is 6.48. The normalized spacial score (nSPS) is 11.9. The van der Waals surface area contributed by atoms with Crippen molar-refractivity contribution in [1.82, 2.24) is 0 Å². The molecule has 6 heteroatoms. The summed E-state index contributed by atoms with van der Waals surface area (Å²) < 4.78 is 28.8. The maximum Gasteiger partial charge on any atom is 0.177 e. The monoisotopic (exact) mass is 314 g/mol. The molecule has 0 bridgehead atoms. The number of hydrogen-bond donors (Lipinski definition) is 1. The largest absolute Gasteiger partial charge is 0.396 e. The number of nitrogen functional groups attached to an aromatic ring is 1. The summed E-state index contributed by atoms with van der Waals surface area (Å²) in [4.78, 5) is 2.33. The zero-order valence-electron chi connectivity index (χ0n) is 13.3. The zero-order valence-corrected chi connectivity index (χ0v) is 14.1. The quantitative estimate of drug-likeness (QED) is 0.746. The molecule has 0 unspecified atom stereocenters. The number of nitrogens with two attached hydrogens (primary N) is 1. The molecule has 0 atom stereocenters. The first kappa shape index (κ1) is 17.8. The lowest BCUT2D eigenvalue weighted by molar-refractivity contribution is 0.202. The predicted molar refractivity (Wildman–Crippen MR) is 87.6 cm³/mol. The first-order valence-electron chi connectivity index (χ1n) is 7.20. The second kappa shape index (κ2) is 7.66. The van der Waals surface area contributed by atoms with Crippen LogP contribution in [0.2, 0.25) is 0 Å². The van der Waals surface area contributed by atoms with Crippen molar-refractivity contribution < 1.29 is 13.2 Å². The van der Waals surface area contributed by atoms with E-state index in [0.29, 0.717) is 24.9 Å². The van der Waals surface area contributed by atoms with Gasteiger partial charge in [0.15, 0.2) is 9.84 Å². The van der Waals surface area contributed by atoms with Crippen LogP contribution in [0.3, 0.4) is 0 Å². The van der Waals surface area contributed by atoms with Crippen LogP contribution in [0.15, 0.2) is 23.1 Å². The van der Waals surface area contributed by atoms with Crippen LogP contribution in [0.1, 0.15) is 26.7 Å². The van der Waals surface area contributed by atoms with E-state index in [1.807, 2.05) is 6.07 Å². The third-order valence-corrected chi connectivity index (χ3v) is 4.83. The van der Waals surface area contributed by atoms with E-state index in [-0.39, 0.29) is 4.90 Å². The number of sulfone groups is 1. The molecule has 0 fully saturated rings. The minimum absolute atomic E-state index is 0.188. The molecule has 0 aliphatic heterocycles. The van der Waals surface area contributed by atoms with Crippen LogP contribution >= 0.6 is 0 Å². The molecule has 5 nitrogen and oxygen atoms in total. The van der Waals surface area contributed by atoms with E-state index >= 15 is 0 Å². The number of para-hydroxylation sites is 1. The minimum atomic E-state index is -3.33. The molecule has 2 N–H and O–H groups in total. The van der Waals surface area contributed by atoms with Crippen molar-refractivity contribution in [3.05, 3.63) is 18.2 Å².